The van der Waals surface area contributed by atoms with Crippen LogP contribution < -0.4 is 11.1 Å². The summed E-state index contributed by atoms with van der Waals surface area (Å²) < 4.78 is 48.6. The molecule has 0 aromatic heterocycles. The van der Waals surface area contributed by atoms with Crippen molar-refractivity contribution >= 4 is 0 Å². The van der Waals surface area contributed by atoms with Crippen LogP contribution in [0.2, 0.25) is 0 Å². The number of hydrogen-bond acceptors (Lipinski definition) is 2. The molecule has 1 aliphatic carbocycles. The van der Waals surface area contributed by atoms with Crippen LogP contribution >= 0.6 is 0 Å². The van der Waals surface area contributed by atoms with Crippen molar-refractivity contribution in [1.29, 1.82) is 0 Å². The van der Waals surface area contributed by atoms with E-state index in [1.165, 1.54) is 0 Å². The van der Waals surface area contributed by atoms with Gasteiger partial charge in [0.05, 0.1) is 6.54 Å². The summed E-state index contributed by atoms with van der Waals surface area (Å²) in [6.45, 7) is -0.106. The standard InChI is InChI=1S/C10H18F4N2/c11-8(12)10(13,14)7-16-5-4-9(6-15)2-1-3-9/h8,16H,1-7,15H2. The molecule has 0 saturated heterocycles. The molecule has 0 aromatic rings. The molecule has 16 heavy (non-hydrogen) atoms. The molecule has 96 valence electrons. The Bertz CT molecular complexity index is 207. The zero-order chi connectivity index (χ0) is 12.2. The van der Waals surface area contributed by atoms with Gasteiger partial charge in [0.1, 0.15) is 0 Å². The molecule has 1 aliphatic rings. The third kappa shape index (κ3) is 3.31. The first-order chi connectivity index (χ1) is 7.42. The van der Waals surface area contributed by atoms with E-state index in [4.69, 9.17) is 5.73 Å². The molecule has 1 saturated carbocycles. The maximum Gasteiger partial charge on any atom is 0.319 e. The molecule has 3 N–H and O–H groups in total. The monoisotopic (exact) mass is 242 g/mol. The highest BCUT2D eigenvalue weighted by Gasteiger charge is 2.40. The molecule has 0 amide bonds. The Morgan fingerprint density at radius 2 is 1.94 bits per heavy atom. The Balaban J connectivity index is 2.16. The van der Waals surface area contributed by atoms with Crippen molar-refractivity contribution < 1.29 is 17.6 Å². The van der Waals surface area contributed by atoms with E-state index in [0.717, 1.165) is 19.3 Å². The van der Waals surface area contributed by atoms with Crippen molar-refractivity contribution in [2.45, 2.75) is 38.0 Å². The van der Waals surface area contributed by atoms with Gasteiger partial charge >= 0.3 is 12.3 Å². The lowest BCUT2D eigenvalue weighted by atomic mass is 9.67. The first-order valence-corrected chi connectivity index (χ1v) is 5.49. The van der Waals surface area contributed by atoms with Gasteiger partial charge in [0, 0.05) is 0 Å². The lowest BCUT2D eigenvalue weighted by molar-refractivity contribution is -0.125. The fourth-order valence-electron chi connectivity index (χ4n) is 1.92. The van der Waals surface area contributed by atoms with Crippen LogP contribution in [0, 0.1) is 5.41 Å². The van der Waals surface area contributed by atoms with Crippen LogP contribution in [0.5, 0.6) is 0 Å². The summed E-state index contributed by atoms with van der Waals surface area (Å²) in [6, 6.07) is 0. The van der Waals surface area contributed by atoms with Crippen molar-refractivity contribution in [3.63, 3.8) is 0 Å². The minimum Gasteiger partial charge on any atom is -0.330 e. The van der Waals surface area contributed by atoms with Gasteiger partial charge in [-0.2, -0.15) is 8.78 Å². The first kappa shape index (κ1) is 13.7. The van der Waals surface area contributed by atoms with E-state index in [9.17, 15) is 17.6 Å². The van der Waals surface area contributed by atoms with Gasteiger partial charge in [-0.15, -0.1) is 0 Å². The molecule has 0 radical (unpaired) electrons. The fraction of sp³-hybridized carbons (Fsp3) is 1.00. The number of alkyl halides is 4. The van der Waals surface area contributed by atoms with Gasteiger partial charge in [-0.05, 0) is 37.8 Å². The molecular weight excluding hydrogens is 224 g/mol. The largest absolute Gasteiger partial charge is 0.330 e. The topological polar surface area (TPSA) is 38.0 Å². The summed E-state index contributed by atoms with van der Waals surface area (Å²) in [5, 5.41) is 2.38. The molecule has 6 heteroatoms. The summed E-state index contributed by atoms with van der Waals surface area (Å²) in [4.78, 5) is 0. The van der Waals surface area contributed by atoms with E-state index in [2.05, 4.69) is 5.32 Å². The highest BCUT2D eigenvalue weighted by atomic mass is 19.3. The Morgan fingerprint density at radius 3 is 2.31 bits per heavy atom. The highest BCUT2D eigenvalue weighted by molar-refractivity contribution is 4.89. The van der Waals surface area contributed by atoms with E-state index >= 15 is 0 Å². The van der Waals surface area contributed by atoms with E-state index < -0.39 is 18.9 Å². The Hall–Kier alpha value is -0.360. The zero-order valence-corrected chi connectivity index (χ0v) is 9.12. The number of rotatable bonds is 7. The van der Waals surface area contributed by atoms with E-state index in [-0.39, 0.29) is 5.41 Å². The van der Waals surface area contributed by atoms with Crippen LogP contribution in [0.25, 0.3) is 0 Å². The molecular formula is C10H18F4N2. The van der Waals surface area contributed by atoms with Crippen molar-refractivity contribution in [3.8, 4) is 0 Å². The highest BCUT2D eigenvalue weighted by Crippen LogP contribution is 2.42. The molecule has 1 fully saturated rings. The minimum absolute atomic E-state index is 0.0626. The molecule has 0 bridgehead atoms. The average Bonchev–Trinajstić information content (AvgIpc) is 2.15. The maximum atomic E-state index is 12.5. The van der Waals surface area contributed by atoms with Crippen molar-refractivity contribution in [2.75, 3.05) is 19.6 Å². The third-order valence-electron chi connectivity index (χ3n) is 3.36. The molecule has 0 unspecified atom stereocenters. The molecule has 0 aliphatic heterocycles. The van der Waals surface area contributed by atoms with Crippen LogP contribution in [-0.4, -0.2) is 32.0 Å². The molecule has 0 atom stereocenters. The quantitative estimate of drug-likeness (QED) is 0.529. The number of nitrogens with two attached hydrogens (primary N) is 1. The number of halogens is 4. The van der Waals surface area contributed by atoms with Gasteiger partial charge in [0.25, 0.3) is 0 Å². The first-order valence-electron chi connectivity index (χ1n) is 5.49. The van der Waals surface area contributed by atoms with Gasteiger partial charge in [-0.25, -0.2) is 8.78 Å². The van der Waals surface area contributed by atoms with Crippen LogP contribution in [0.4, 0.5) is 17.6 Å². The van der Waals surface area contributed by atoms with Gasteiger partial charge in [0.15, 0.2) is 0 Å². The summed E-state index contributed by atoms with van der Waals surface area (Å²) in [7, 11) is 0. The second-order valence-electron chi connectivity index (χ2n) is 4.55. The van der Waals surface area contributed by atoms with Crippen molar-refractivity contribution in [3.05, 3.63) is 0 Å². The summed E-state index contributed by atoms with van der Waals surface area (Å²) in [5.74, 6) is -3.94. The molecule has 2 nitrogen and oxygen atoms in total. The average molecular weight is 242 g/mol. The van der Waals surface area contributed by atoms with Crippen LogP contribution in [0.1, 0.15) is 25.7 Å². The lowest BCUT2D eigenvalue weighted by Gasteiger charge is -2.41. The predicted octanol–water partition coefficient (Wildman–Crippen LogP) is 2.00. The second kappa shape index (κ2) is 5.31. The molecule has 1 rings (SSSR count). The summed E-state index contributed by atoms with van der Waals surface area (Å²) in [6.07, 6.45) is 0.215. The van der Waals surface area contributed by atoms with Crippen LogP contribution in [-0.2, 0) is 0 Å². The molecule has 0 aromatic carbocycles. The molecule has 0 heterocycles. The Morgan fingerprint density at radius 1 is 1.31 bits per heavy atom. The maximum absolute atomic E-state index is 12.5. The van der Waals surface area contributed by atoms with Crippen LogP contribution in [0.15, 0.2) is 0 Å². The number of hydrogen-bond donors (Lipinski definition) is 2. The summed E-state index contributed by atoms with van der Waals surface area (Å²) >= 11 is 0. The Labute approximate surface area is 92.6 Å². The van der Waals surface area contributed by atoms with E-state index in [1.807, 2.05) is 0 Å². The van der Waals surface area contributed by atoms with Crippen molar-refractivity contribution in [2.24, 2.45) is 11.1 Å². The Kier molecular flexibility index (Phi) is 4.55. The van der Waals surface area contributed by atoms with E-state index in [0.29, 0.717) is 19.5 Å². The van der Waals surface area contributed by atoms with Crippen molar-refractivity contribution in [1.82, 2.24) is 5.32 Å². The normalized spacial score (nSPS) is 19.9. The SMILES string of the molecule is NCC1(CCNCC(F)(F)C(F)F)CCC1. The van der Waals surface area contributed by atoms with E-state index in [1.54, 1.807) is 0 Å². The van der Waals surface area contributed by atoms with Gasteiger partial charge in [-0.3, -0.25) is 0 Å². The lowest BCUT2D eigenvalue weighted by Crippen LogP contribution is -2.43. The van der Waals surface area contributed by atoms with Crippen LogP contribution in [0.3, 0.4) is 0 Å². The van der Waals surface area contributed by atoms with Gasteiger partial charge in [-0.1, -0.05) is 6.42 Å². The zero-order valence-electron chi connectivity index (χ0n) is 9.12. The predicted molar refractivity (Wildman–Crippen MR) is 53.8 cm³/mol. The number of nitrogens with one attached hydrogen (secondary N) is 1. The smallest absolute Gasteiger partial charge is 0.319 e. The molecule has 0 spiro atoms. The van der Waals surface area contributed by atoms with Gasteiger partial charge < -0.3 is 11.1 Å². The third-order valence-corrected chi connectivity index (χ3v) is 3.36. The minimum atomic E-state index is -3.94. The second-order valence-corrected chi connectivity index (χ2v) is 4.55. The van der Waals surface area contributed by atoms with Gasteiger partial charge in [0.2, 0.25) is 0 Å². The summed E-state index contributed by atoms with van der Waals surface area (Å²) in [5.41, 5.74) is 5.65. The fourth-order valence-corrected chi connectivity index (χ4v) is 1.92.